The average Bonchev–Trinajstić information content (AvgIpc) is 2.44. The van der Waals surface area contributed by atoms with Gasteiger partial charge in [-0.2, -0.15) is 0 Å². The monoisotopic (exact) mass is 334 g/mol. The minimum atomic E-state index is -3.85. The Hall–Kier alpha value is -1.15. The van der Waals surface area contributed by atoms with Gasteiger partial charge in [-0.15, -0.1) is 0 Å². The molecular weight excluding hydrogens is 316 g/mol. The summed E-state index contributed by atoms with van der Waals surface area (Å²) < 4.78 is 31.4. The fraction of sp³-hybridized carbons (Fsp3) is 0.462. The summed E-state index contributed by atoms with van der Waals surface area (Å²) in [6, 6.07) is 3.59. The van der Waals surface area contributed by atoms with E-state index in [9.17, 15) is 13.2 Å². The summed E-state index contributed by atoms with van der Waals surface area (Å²) in [5.74, 6) is -0.508. The Bertz CT molecular complexity index is 617. The number of benzene rings is 1. The number of carbonyl (C=O) groups excluding carboxylic acids is 1. The summed E-state index contributed by atoms with van der Waals surface area (Å²) in [5.41, 5.74) is 5.91. The molecule has 118 valence electrons. The first-order valence-electron chi connectivity index (χ1n) is 6.32. The van der Waals surface area contributed by atoms with Crippen molar-refractivity contribution in [1.82, 2.24) is 4.72 Å². The lowest BCUT2D eigenvalue weighted by atomic mass is 10.1. The van der Waals surface area contributed by atoms with Gasteiger partial charge in [-0.25, -0.2) is 17.9 Å². The predicted molar refractivity (Wildman–Crippen MR) is 80.8 cm³/mol. The maximum absolute atomic E-state index is 12.2. The maximum atomic E-state index is 12.2. The molecule has 6 nitrogen and oxygen atoms in total. The Morgan fingerprint density at radius 2 is 2.05 bits per heavy atom. The number of nitrogens with one attached hydrogen (secondary N) is 1. The summed E-state index contributed by atoms with van der Waals surface area (Å²) in [6.07, 6.45) is 0. The molecule has 0 fully saturated rings. The van der Waals surface area contributed by atoms with E-state index < -0.39 is 16.0 Å². The zero-order valence-electron chi connectivity index (χ0n) is 12.1. The summed E-state index contributed by atoms with van der Waals surface area (Å²) in [4.78, 5) is 11.3. The highest BCUT2D eigenvalue weighted by Gasteiger charge is 2.21. The van der Waals surface area contributed by atoms with Crippen LogP contribution >= 0.6 is 11.6 Å². The molecule has 0 spiro atoms. The SMILES string of the molecule is COC(=O)c1ccc(Cl)c(S(=O)(=O)NCC(N)C(C)C)c1. The number of hydrogen-bond donors (Lipinski definition) is 2. The van der Waals surface area contributed by atoms with E-state index in [2.05, 4.69) is 9.46 Å². The standard InChI is InChI=1S/C13H19ClN2O4S/c1-8(2)11(15)7-16-21(18,19)12-6-9(13(17)20-3)4-5-10(12)14/h4-6,8,11,16H,7,15H2,1-3H3. The summed E-state index contributed by atoms with van der Waals surface area (Å²) >= 11 is 5.90. The van der Waals surface area contributed by atoms with Gasteiger partial charge < -0.3 is 10.5 Å². The number of halogens is 1. The van der Waals surface area contributed by atoms with Crippen LogP contribution < -0.4 is 10.5 Å². The minimum absolute atomic E-state index is 0.0215. The predicted octanol–water partition coefficient (Wildman–Crippen LogP) is 1.39. The molecule has 3 N–H and O–H groups in total. The second-order valence-corrected chi connectivity index (χ2v) is 7.04. The fourth-order valence-electron chi connectivity index (χ4n) is 1.47. The molecule has 0 heterocycles. The molecule has 0 amide bonds. The van der Waals surface area contributed by atoms with Crippen molar-refractivity contribution >= 4 is 27.6 Å². The van der Waals surface area contributed by atoms with Gasteiger partial charge in [-0.3, -0.25) is 0 Å². The zero-order chi connectivity index (χ0) is 16.2. The summed E-state index contributed by atoms with van der Waals surface area (Å²) in [5, 5.41) is 0.0215. The number of sulfonamides is 1. The van der Waals surface area contributed by atoms with Gasteiger partial charge in [0.05, 0.1) is 17.7 Å². The number of rotatable bonds is 6. The Morgan fingerprint density at radius 3 is 2.57 bits per heavy atom. The molecule has 0 bridgehead atoms. The second-order valence-electron chi connectivity index (χ2n) is 4.90. The molecule has 21 heavy (non-hydrogen) atoms. The first-order valence-corrected chi connectivity index (χ1v) is 8.18. The lowest BCUT2D eigenvalue weighted by Crippen LogP contribution is -2.40. The maximum Gasteiger partial charge on any atom is 0.337 e. The molecule has 1 atom stereocenters. The molecule has 1 rings (SSSR count). The minimum Gasteiger partial charge on any atom is -0.465 e. The number of methoxy groups -OCH3 is 1. The van der Waals surface area contributed by atoms with E-state index in [4.69, 9.17) is 17.3 Å². The third-order valence-electron chi connectivity index (χ3n) is 3.01. The van der Waals surface area contributed by atoms with Crippen LogP contribution in [0.4, 0.5) is 0 Å². The molecule has 0 saturated carbocycles. The average molecular weight is 335 g/mol. The van der Waals surface area contributed by atoms with E-state index in [0.29, 0.717) is 0 Å². The van der Waals surface area contributed by atoms with Gasteiger partial charge in [0.2, 0.25) is 10.0 Å². The van der Waals surface area contributed by atoms with Crippen LogP contribution in [0.25, 0.3) is 0 Å². The van der Waals surface area contributed by atoms with E-state index in [1.807, 2.05) is 13.8 Å². The van der Waals surface area contributed by atoms with Crippen molar-refractivity contribution < 1.29 is 17.9 Å². The number of carbonyl (C=O) groups is 1. The van der Waals surface area contributed by atoms with Crippen molar-refractivity contribution in [3.05, 3.63) is 28.8 Å². The van der Waals surface area contributed by atoms with Crippen molar-refractivity contribution in [2.24, 2.45) is 11.7 Å². The Morgan fingerprint density at radius 1 is 1.43 bits per heavy atom. The molecule has 0 saturated heterocycles. The van der Waals surface area contributed by atoms with Gasteiger partial charge in [0.1, 0.15) is 4.90 Å². The number of nitrogens with two attached hydrogens (primary N) is 1. The molecule has 0 aliphatic carbocycles. The normalized spacial score (nSPS) is 13.2. The third-order valence-corrected chi connectivity index (χ3v) is 4.91. The number of ether oxygens (including phenoxy) is 1. The van der Waals surface area contributed by atoms with Gasteiger partial charge in [-0.1, -0.05) is 25.4 Å². The molecule has 1 aromatic carbocycles. The Labute approximate surface area is 129 Å². The molecule has 1 unspecified atom stereocenters. The van der Waals surface area contributed by atoms with Crippen LogP contribution in [0.5, 0.6) is 0 Å². The number of esters is 1. The van der Waals surface area contributed by atoms with Crippen LogP contribution in [0.2, 0.25) is 5.02 Å². The Kier molecular flexibility index (Phi) is 6.15. The molecular formula is C13H19ClN2O4S. The van der Waals surface area contributed by atoms with Crippen LogP contribution in [-0.4, -0.2) is 34.1 Å². The van der Waals surface area contributed by atoms with Crippen molar-refractivity contribution in [2.75, 3.05) is 13.7 Å². The van der Waals surface area contributed by atoms with E-state index in [1.54, 1.807) is 0 Å². The molecule has 0 aromatic heterocycles. The molecule has 0 aliphatic rings. The topological polar surface area (TPSA) is 98.5 Å². The van der Waals surface area contributed by atoms with Crippen LogP contribution in [0.1, 0.15) is 24.2 Å². The highest BCUT2D eigenvalue weighted by atomic mass is 35.5. The number of hydrogen-bond acceptors (Lipinski definition) is 5. The van der Waals surface area contributed by atoms with Gasteiger partial charge in [0.25, 0.3) is 0 Å². The largest absolute Gasteiger partial charge is 0.465 e. The van der Waals surface area contributed by atoms with Crippen molar-refractivity contribution in [3.8, 4) is 0 Å². The lowest BCUT2D eigenvalue weighted by molar-refractivity contribution is 0.0600. The summed E-state index contributed by atoms with van der Waals surface area (Å²) in [7, 11) is -2.64. The highest BCUT2D eigenvalue weighted by molar-refractivity contribution is 7.89. The molecule has 1 aromatic rings. The van der Waals surface area contributed by atoms with Crippen LogP contribution in [-0.2, 0) is 14.8 Å². The van der Waals surface area contributed by atoms with Gasteiger partial charge in [-0.05, 0) is 24.1 Å². The summed E-state index contributed by atoms with van der Waals surface area (Å²) in [6.45, 7) is 3.87. The van der Waals surface area contributed by atoms with Gasteiger partial charge in [0, 0.05) is 12.6 Å². The smallest absolute Gasteiger partial charge is 0.337 e. The van der Waals surface area contributed by atoms with Crippen LogP contribution in [0.3, 0.4) is 0 Å². The second kappa shape index (κ2) is 7.22. The lowest BCUT2D eigenvalue weighted by Gasteiger charge is -2.16. The van der Waals surface area contributed by atoms with E-state index in [0.717, 1.165) is 0 Å². The van der Waals surface area contributed by atoms with E-state index >= 15 is 0 Å². The van der Waals surface area contributed by atoms with Crippen molar-refractivity contribution in [3.63, 3.8) is 0 Å². The van der Waals surface area contributed by atoms with Crippen molar-refractivity contribution in [1.29, 1.82) is 0 Å². The van der Waals surface area contributed by atoms with Gasteiger partial charge in [0.15, 0.2) is 0 Å². The van der Waals surface area contributed by atoms with E-state index in [1.165, 1.54) is 25.3 Å². The Balaban J connectivity index is 3.05. The first kappa shape index (κ1) is 17.9. The first-order chi connectivity index (χ1) is 9.69. The van der Waals surface area contributed by atoms with Crippen molar-refractivity contribution in [2.45, 2.75) is 24.8 Å². The van der Waals surface area contributed by atoms with E-state index in [-0.39, 0.29) is 34.0 Å². The fourth-order valence-corrected chi connectivity index (χ4v) is 3.07. The molecule has 0 radical (unpaired) electrons. The quantitative estimate of drug-likeness (QED) is 0.766. The van der Waals surface area contributed by atoms with Gasteiger partial charge >= 0.3 is 5.97 Å². The highest BCUT2D eigenvalue weighted by Crippen LogP contribution is 2.23. The van der Waals surface area contributed by atoms with Crippen LogP contribution in [0, 0.1) is 5.92 Å². The zero-order valence-corrected chi connectivity index (χ0v) is 13.7. The molecule has 0 aliphatic heterocycles. The molecule has 8 heteroatoms. The third kappa shape index (κ3) is 4.67. The van der Waals surface area contributed by atoms with Crippen LogP contribution in [0.15, 0.2) is 23.1 Å².